The molecular formula is C4H10BrOZr. The van der Waals surface area contributed by atoms with Gasteiger partial charge in [-0.1, -0.05) is 0 Å². The van der Waals surface area contributed by atoms with Gasteiger partial charge in [0.15, 0.2) is 0 Å². The summed E-state index contributed by atoms with van der Waals surface area (Å²) in [6, 6.07) is 0. The van der Waals surface area contributed by atoms with Crippen molar-refractivity contribution in [3.63, 3.8) is 0 Å². The van der Waals surface area contributed by atoms with E-state index in [4.69, 9.17) is 2.81 Å². The maximum atomic E-state index is 4.87. The van der Waals surface area contributed by atoms with Crippen LogP contribution in [0.3, 0.4) is 0 Å². The molecular weight excluding hydrogens is 235 g/mol. The van der Waals surface area contributed by atoms with Crippen molar-refractivity contribution in [3.05, 3.63) is 0 Å². The molecule has 1 nitrogen and oxygen atoms in total. The van der Waals surface area contributed by atoms with Crippen LogP contribution in [-0.2, 0) is 28.0 Å². The average Bonchev–Trinajstić information content (AvgIpc) is 1.61. The second-order valence-corrected chi connectivity index (χ2v) is 1.91. The molecule has 0 aliphatic heterocycles. The molecule has 0 N–H and O–H groups in total. The molecule has 0 spiro atoms. The van der Waals surface area contributed by atoms with Gasteiger partial charge in [0.1, 0.15) is 0 Å². The Balaban J connectivity index is 0. The molecule has 0 amide bonds. The minimum absolute atomic E-state index is 0. The van der Waals surface area contributed by atoms with Gasteiger partial charge >= 0.3 is 54.3 Å². The first kappa shape index (κ1) is 11.2. The number of hydrogen-bond donors (Lipinski definition) is 0. The molecule has 0 aliphatic rings. The van der Waals surface area contributed by atoms with E-state index in [9.17, 15) is 0 Å². The van der Waals surface area contributed by atoms with E-state index < -0.39 is 0 Å². The van der Waals surface area contributed by atoms with E-state index >= 15 is 0 Å². The molecule has 0 heterocycles. The molecule has 0 fully saturated rings. The summed E-state index contributed by atoms with van der Waals surface area (Å²) in [5.41, 5.74) is 0. The van der Waals surface area contributed by atoms with Crippen molar-refractivity contribution in [3.8, 4) is 0 Å². The van der Waals surface area contributed by atoms with Crippen molar-refractivity contribution in [1.82, 2.24) is 0 Å². The van der Waals surface area contributed by atoms with Crippen LogP contribution in [0.2, 0.25) is 0 Å². The van der Waals surface area contributed by atoms with Crippen molar-refractivity contribution < 1.29 is 28.0 Å². The van der Waals surface area contributed by atoms with E-state index in [0.717, 1.165) is 6.61 Å². The van der Waals surface area contributed by atoms with E-state index in [1.807, 2.05) is 0 Å². The summed E-state index contributed by atoms with van der Waals surface area (Å²) in [6.45, 7) is 3.12. The maximum absolute atomic E-state index is 4.87. The molecule has 0 bridgehead atoms. The molecule has 0 unspecified atom stereocenters. The number of unbranched alkanes of at least 4 members (excludes halogenated alkanes) is 1. The van der Waals surface area contributed by atoms with Crippen LogP contribution >= 0.6 is 17.0 Å². The van der Waals surface area contributed by atoms with E-state index in [1.54, 1.807) is 0 Å². The van der Waals surface area contributed by atoms with Gasteiger partial charge in [0.05, 0.1) is 0 Å². The number of rotatable bonds is 3. The van der Waals surface area contributed by atoms with E-state index in [-0.39, 0.29) is 17.0 Å². The summed E-state index contributed by atoms with van der Waals surface area (Å²) < 4.78 is 4.87. The van der Waals surface area contributed by atoms with Crippen LogP contribution in [0, 0.1) is 0 Å². The Morgan fingerprint density at radius 2 is 2.14 bits per heavy atom. The number of hydrogen-bond acceptors (Lipinski definition) is 1. The zero-order chi connectivity index (χ0) is 4.83. The zero-order valence-electron chi connectivity index (χ0n) is 4.44. The van der Waals surface area contributed by atoms with E-state index in [1.165, 1.54) is 38.0 Å². The monoisotopic (exact) mass is 243 g/mol. The van der Waals surface area contributed by atoms with Gasteiger partial charge in [0, 0.05) is 0 Å². The first-order chi connectivity index (χ1) is 2.91. The number of halogens is 1. The molecule has 0 atom stereocenters. The first-order valence-electron chi connectivity index (χ1n) is 2.20. The molecule has 0 aromatic heterocycles. The molecule has 0 saturated carbocycles. The molecule has 3 heteroatoms. The fourth-order valence-electron chi connectivity index (χ4n) is 0.217. The van der Waals surface area contributed by atoms with Gasteiger partial charge < -0.3 is 0 Å². The Bertz CT molecular complexity index is 23.7. The van der Waals surface area contributed by atoms with Crippen molar-refractivity contribution in [2.75, 3.05) is 6.61 Å². The second kappa shape index (κ2) is 10.3. The fraction of sp³-hybridized carbons (Fsp3) is 1.00. The molecule has 0 rings (SSSR count). The summed E-state index contributed by atoms with van der Waals surface area (Å²) in [4.78, 5) is 0. The van der Waals surface area contributed by atoms with Gasteiger partial charge in [-0.15, -0.1) is 17.0 Å². The SMILES string of the molecule is Br.CCCC[O][Zr]. The molecule has 0 aromatic rings. The average molecular weight is 245 g/mol. The van der Waals surface area contributed by atoms with Gasteiger partial charge in [0.2, 0.25) is 0 Å². The summed E-state index contributed by atoms with van der Waals surface area (Å²) in [5.74, 6) is 0. The Labute approximate surface area is 71.1 Å². The third-order valence-electron chi connectivity index (χ3n) is 0.600. The molecule has 0 aliphatic carbocycles. The van der Waals surface area contributed by atoms with Gasteiger partial charge in [0.25, 0.3) is 0 Å². The molecule has 0 aromatic carbocycles. The molecule has 0 radical (unpaired) electrons. The van der Waals surface area contributed by atoms with Crippen LogP contribution in [0.15, 0.2) is 0 Å². The quantitative estimate of drug-likeness (QED) is 0.689. The summed E-state index contributed by atoms with van der Waals surface area (Å²) >= 11 is 1.19. The van der Waals surface area contributed by atoms with Crippen LogP contribution in [0.5, 0.6) is 0 Å². The standard InChI is InChI=1S/C4H9O.BrH.Zr/c1-2-3-4-5;;/h2-4H2,1H3;1H;/q-1;;+1. The van der Waals surface area contributed by atoms with Crippen LogP contribution in [0.4, 0.5) is 0 Å². The Kier molecular flexibility index (Phi) is 16.5. The van der Waals surface area contributed by atoms with Crippen LogP contribution < -0.4 is 0 Å². The van der Waals surface area contributed by atoms with Crippen molar-refractivity contribution in [2.24, 2.45) is 0 Å². The Morgan fingerprint density at radius 1 is 1.57 bits per heavy atom. The predicted octanol–water partition coefficient (Wildman–Crippen LogP) is 1.84. The minimum atomic E-state index is 0. The summed E-state index contributed by atoms with van der Waals surface area (Å²) in [6.07, 6.45) is 2.46. The van der Waals surface area contributed by atoms with Gasteiger partial charge in [-0.3, -0.25) is 0 Å². The van der Waals surface area contributed by atoms with Crippen LogP contribution in [-0.4, -0.2) is 6.61 Å². The van der Waals surface area contributed by atoms with Crippen molar-refractivity contribution in [1.29, 1.82) is 0 Å². The van der Waals surface area contributed by atoms with Gasteiger partial charge in [-0.2, -0.15) is 0 Å². The predicted molar refractivity (Wildman–Crippen MR) is 31.2 cm³/mol. The topological polar surface area (TPSA) is 9.23 Å². The summed E-state index contributed by atoms with van der Waals surface area (Å²) in [7, 11) is 0. The third kappa shape index (κ3) is 11.1. The zero-order valence-corrected chi connectivity index (χ0v) is 8.61. The molecule has 0 saturated heterocycles. The Hall–Kier alpha value is 1.32. The normalized spacial score (nSPS) is 7.43. The van der Waals surface area contributed by atoms with Crippen molar-refractivity contribution >= 4 is 17.0 Å². The van der Waals surface area contributed by atoms with Gasteiger partial charge in [-0.25, -0.2) is 0 Å². The van der Waals surface area contributed by atoms with E-state index in [0.29, 0.717) is 0 Å². The molecule has 7 heavy (non-hydrogen) atoms. The Morgan fingerprint density at radius 3 is 2.29 bits per heavy atom. The fourth-order valence-corrected chi connectivity index (χ4v) is 0.571. The van der Waals surface area contributed by atoms with Crippen LogP contribution in [0.1, 0.15) is 19.8 Å². The third-order valence-corrected chi connectivity index (χ3v) is 1.10. The summed E-state index contributed by atoms with van der Waals surface area (Å²) in [5, 5.41) is 0. The first-order valence-corrected chi connectivity index (χ1v) is 3.20. The van der Waals surface area contributed by atoms with Crippen LogP contribution in [0.25, 0.3) is 0 Å². The van der Waals surface area contributed by atoms with Gasteiger partial charge in [-0.05, 0) is 0 Å². The van der Waals surface area contributed by atoms with E-state index in [2.05, 4.69) is 6.92 Å². The van der Waals surface area contributed by atoms with Crippen molar-refractivity contribution in [2.45, 2.75) is 19.8 Å². The molecule has 43 valence electrons. The second-order valence-electron chi connectivity index (χ2n) is 1.20.